The van der Waals surface area contributed by atoms with E-state index >= 15 is 0 Å². The molecule has 0 unspecified atom stereocenters. The standard InChI is InChI=1S/C5H14NO.C2H3FO/c1-6(2,3)4-5-7;1-2(3)4/h7H,4-5H2,1-3H3;1H3/q+1;. The van der Waals surface area contributed by atoms with Gasteiger partial charge in [0.1, 0.15) is 6.54 Å². The molecule has 0 spiro atoms. The van der Waals surface area contributed by atoms with Crippen molar-refractivity contribution in [3.05, 3.63) is 0 Å². The Balaban J connectivity index is 0. The molecular weight excluding hydrogens is 149 g/mol. The van der Waals surface area contributed by atoms with Crippen molar-refractivity contribution in [1.29, 1.82) is 0 Å². The number of hydrogen-bond acceptors (Lipinski definition) is 2. The first-order valence-corrected chi connectivity index (χ1v) is 3.37. The van der Waals surface area contributed by atoms with E-state index in [9.17, 15) is 4.39 Å². The number of halogens is 1. The number of aliphatic hydroxyl groups is 1. The van der Waals surface area contributed by atoms with Gasteiger partial charge in [0.2, 0.25) is 0 Å². The molecule has 0 fully saturated rings. The zero-order valence-electron chi connectivity index (χ0n) is 7.59. The number of nitrogens with zero attached hydrogens (tertiary/aromatic N) is 1. The SMILES string of the molecule is CC(=O)F.C[N+](C)(C)CCO. The number of quaternary nitrogens is 1. The van der Waals surface area contributed by atoms with Gasteiger partial charge in [-0.25, -0.2) is 0 Å². The highest BCUT2D eigenvalue weighted by atomic mass is 19.1. The first kappa shape index (κ1) is 13.1. The van der Waals surface area contributed by atoms with Crippen molar-refractivity contribution in [3.63, 3.8) is 0 Å². The van der Waals surface area contributed by atoms with Gasteiger partial charge in [-0.2, -0.15) is 4.39 Å². The Morgan fingerprint density at radius 3 is 1.73 bits per heavy atom. The summed E-state index contributed by atoms with van der Waals surface area (Å²) in [5.74, 6) is 0. The van der Waals surface area contributed by atoms with Crippen molar-refractivity contribution in [3.8, 4) is 0 Å². The fourth-order valence-corrected chi connectivity index (χ4v) is 0.300. The first-order valence-electron chi connectivity index (χ1n) is 3.37. The van der Waals surface area contributed by atoms with E-state index in [2.05, 4.69) is 21.1 Å². The quantitative estimate of drug-likeness (QED) is 0.469. The van der Waals surface area contributed by atoms with Crippen LogP contribution < -0.4 is 0 Å². The minimum atomic E-state index is -1.33. The Kier molecular flexibility index (Phi) is 7.46. The van der Waals surface area contributed by atoms with E-state index < -0.39 is 6.04 Å². The maximum Gasteiger partial charge on any atom is 0.298 e. The van der Waals surface area contributed by atoms with Crippen LogP contribution in [-0.4, -0.2) is 49.9 Å². The van der Waals surface area contributed by atoms with Gasteiger partial charge in [-0.15, -0.1) is 0 Å². The third kappa shape index (κ3) is 43.4. The molecule has 68 valence electrons. The minimum absolute atomic E-state index is 0.281. The molecular formula is C7H17FNO2+. The van der Waals surface area contributed by atoms with Gasteiger partial charge in [0.25, 0.3) is 6.04 Å². The topological polar surface area (TPSA) is 37.3 Å². The lowest BCUT2D eigenvalue weighted by Gasteiger charge is -2.21. The Morgan fingerprint density at radius 1 is 1.45 bits per heavy atom. The molecule has 0 aliphatic rings. The van der Waals surface area contributed by atoms with Crippen LogP contribution >= 0.6 is 0 Å². The number of carbonyl (C=O) groups is 1. The van der Waals surface area contributed by atoms with E-state index in [1.807, 2.05) is 0 Å². The van der Waals surface area contributed by atoms with Crippen LogP contribution in [0.1, 0.15) is 6.92 Å². The summed E-state index contributed by atoms with van der Waals surface area (Å²) in [5.41, 5.74) is 0. The highest BCUT2D eigenvalue weighted by Crippen LogP contribution is 1.84. The van der Waals surface area contributed by atoms with Gasteiger partial charge in [0, 0.05) is 6.92 Å². The van der Waals surface area contributed by atoms with E-state index in [1.54, 1.807) is 0 Å². The van der Waals surface area contributed by atoms with Crippen molar-refractivity contribution >= 4 is 6.04 Å². The average molecular weight is 166 g/mol. The van der Waals surface area contributed by atoms with E-state index in [4.69, 9.17) is 9.90 Å². The third-order valence-corrected chi connectivity index (χ3v) is 0.771. The lowest BCUT2D eigenvalue weighted by molar-refractivity contribution is -0.870. The van der Waals surface area contributed by atoms with Crippen LogP contribution in [0.5, 0.6) is 0 Å². The second-order valence-electron chi connectivity index (χ2n) is 3.21. The monoisotopic (exact) mass is 166 g/mol. The smallest absolute Gasteiger partial charge is 0.298 e. The van der Waals surface area contributed by atoms with Crippen molar-refractivity contribution in [2.75, 3.05) is 34.3 Å². The van der Waals surface area contributed by atoms with Crippen LogP contribution in [0.4, 0.5) is 4.39 Å². The largest absolute Gasteiger partial charge is 0.391 e. The Bertz CT molecular complexity index is 105. The van der Waals surface area contributed by atoms with Gasteiger partial charge in [-0.1, -0.05) is 0 Å². The molecule has 4 heteroatoms. The molecule has 0 bridgehead atoms. The fraction of sp³-hybridized carbons (Fsp3) is 0.857. The number of rotatable bonds is 2. The van der Waals surface area contributed by atoms with Gasteiger partial charge in [-0.05, 0) is 0 Å². The fourth-order valence-electron chi connectivity index (χ4n) is 0.300. The zero-order chi connectivity index (χ0) is 9.49. The van der Waals surface area contributed by atoms with Crippen molar-refractivity contribution in [2.24, 2.45) is 0 Å². The molecule has 3 nitrogen and oxygen atoms in total. The molecule has 0 aromatic carbocycles. The molecule has 0 aliphatic heterocycles. The molecule has 0 rings (SSSR count). The normalized spacial score (nSPS) is 10.0. The van der Waals surface area contributed by atoms with Crippen LogP contribution in [0.2, 0.25) is 0 Å². The van der Waals surface area contributed by atoms with Crippen molar-refractivity contribution in [1.82, 2.24) is 0 Å². The van der Waals surface area contributed by atoms with Crippen LogP contribution in [0.15, 0.2) is 0 Å². The summed E-state index contributed by atoms with van der Waals surface area (Å²) in [6, 6.07) is -1.33. The third-order valence-electron chi connectivity index (χ3n) is 0.771. The van der Waals surface area contributed by atoms with Gasteiger partial charge in [0.05, 0.1) is 27.7 Å². The highest BCUT2D eigenvalue weighted by Gasteiger charge is 2.02. The molecule has 0 aromatic heterocycles. The second kappa shape index (κ2) is 6.24. The summed E-state index contributed by atoms with van der Waals surface area (Å²) in [5, 5.41) is 8.39. The van der Waals surface area contributed by atoms with Crippen molar-refractivity contribution < 1.29 is 18.8 Å². The van der Waals surface area contributed by atoms with Crippen LogP contribution in [-0.2, 0) is 4.79 Å². The summed E-state index contributed by atoms with van der Waals surface area (Å²) >= 11 is 0. The lowest BCUT2D eigenvalue weighted by atomic mass is 10.5. The molecule has 11 heavy (non-hydrogen) atoms. The van der Waals surface area contributed by atoms with Gasteiger partial charge < -0.3 is 9.59 Å². The second-order valence-corrected chi connectivity index (χ2v) is 3.21. The minimum Gasteiger partial charge on any atom is -0.391 e. The Morgan fingerprint density at radius 2 is 1.73 bits per heavy atom. The van der Waals surface area contributed by atoms with Gasteiger partial charge in [0.15, 0.2) is 0 Å². The first-order chi connectivity index (χ1) is 4.79. The molecule has 0 saturated heterocycles. The predicted molar refractivity (Wildman–Crippen MR) is 41.8 cm³/mol. The summed E-state index contributed by atoms with van der Waals surface area (Å²) in [4.78, 5) is 8.78. The number of likely N-dealkylation sites (N-methyl/N-ethyl adjacent to an activating group) is 1. The van der Waals surface area contributed by atoms with Crippen LogP contribution in [0.3, 0.4) is 0 Å². The van der Waals surface area contributed by atoms with Crippen LogP contribution in [0.25, 0.3) is 0 Å². The average Bonchev–Trinajstić information content (AvgIpc) is 1.58. The number of hydrogen-bond donors (Lipinski definition) is 1. The van der Waals surface area contributed by atoms with Gasteiger partial charge >= 0.3 is 0 Å². The van der Waals surface area contributed by atoms with E-state index in [0.717, 1.165) is 18.0 Å². The number of carbonyl (C=O) groups excluding carboxylic acids is 1. The maximum atomic E-state index is 10.4. The van der Waals surface area contributed by atoms with Gasteiger partial charge in [-0.3, -0.25) is 4.79 Å². The molecule has 0 heterocycles. The molecule has 0 saturated carbocycles. The summed E-state index contributed by atoms with van der Waals surface area (Å²) in [6.07, 6.45) is 0. The summed E-state index contributed by atoms with van der Waals surface area (Å²) in [6.45, 7) is 1.98. The molecule has 0 amide bonds. The zero-order valence-corrected chi connectivity index (χ0v) is 7.59. The Labute approximate surface area is 67.0 Å². The molecule has 0 aliphatic carbocycles. The number of aliphatic hydroxyl groups excluding tert-OH is 1. The molecule has 0 atom stereocenters. The Hall–Kier alpha value is -0.480. The van der Waals surface area contributed by atoms with Crippen molar-refractivity contribution in [2.45, 2.75) is 6.92 Å². The molecule has 0 radical (unpaired) electrons. The van der Waals surface area contributed by atoms with E-state index in [-0.39, 0.29) is 6.61 Å². The summed E-state index contributed by atoms with van der Waals surface area (Å²) in [7, 11) is 6.16. The lowest BCUT2D eigenvalue weighted by Crippen LogP contribution is -2.36. The molecule has 0 aromatic rings. The maximum absolute atomic E-state index is 10.4. The molecule has 1 N–H and O–H groups in total. The predicted octanol–water partition coefficient (Wildman–Crippen LogP) is 0.187. The van der Waals surface area contributed by atoms with Crippen LogP contribution in [0, 0.1) is 0 Å². The highest BCUT2D eigenvalue weighted by molar-refractivity contribution is 5.64. The summed E-state index contributed by atoms with van der Waals surface area (Å²) < 4.78 is 11.2. The van der Waals surface area contributed by atoms with E-state index in [0.29, 0.717) is 0 Å². The van der Waals surface area contributed by atoms with E-state index in [1.165, 1.54) is 0 Å².